The Hall–Kier alpha value is -7.83. The number of nitrogens with zero attached hydrogens (tertiary/aromatic N) is 2. The van der Waals surface area contributed by atoms with E-state index in [4.69, 9.17) is 14.4 Å². The van der Waals surface area contributed by atoms with Gasteiger partial charge < -0.3 is 14.6 Å². The smallest absolute Gasteiger partial charge is 0.136 e. The Morgan fingerprint density at radius 3 is 1.46 bits per heavy atom. The van der Waals surface area contributed by atoms with E-state index in [1.807, 2.05) is 91.0 Å². The van der Waals surface area contributed by atoms with Crippen LogP contribution in [0.4, 0.5) is 4.39 Å². The average molecular weight is 921 g/mol. The number of hydrogen-bond acceptors (Lipinski definition) is 5. The summed E-state index contributed by atoms with van der Waals surface area (Å²) in [6.07, 6.45) is 0. The molecule has 0 fully saturated rings. The average Bonchev–Trinajstić information content (AvgIpc) is 3.70. The van der Waals surface area contributed by atoms with E-state index in [1.165, 1.54) is 28.8 Å². The van der Waals surface area contributed by atoms with Crippen molar-refractivity contribution in [2.45, 2.75) is 78.6 Å². The van der Waals surface area contributed by atoms with Gasteiger partial charge >= 0.3 is 0 Å². The predicted molar refractivity (Wildman–Crippen MR) is 287 cm³/mol. The molecule has 0 aliphatic heterocycles. The number of aromatic hydroxyl groups is 2. The number of phenols is 2. The Balaban J connectivity index is 1.18. The first-order valence-corrected chi connectivity index (χ1v) is 23.9. The molecule has 7 aromatic carbocycles. The summed E-state index contributed by atoms with van der Waals surface area (Å²) >= 11 is 0. The summed E-state index contributed by atoms with van der Waals surface area (Å²) < 4.78 is 22.7. The molecule has 70 heavy (non-hydrogen) atoms. The van der Waals surface area contributed by atoms with Gasteiger partial charge in [0.1, 0.15) is 28.5 Å². The first kappa shape index (κ1) is 45.9. The molecule has 10 aromatic rings. The molecular weight excluding hydrogens is 864 g/mol. The highest BCUT2D eigenvalue weighted by Gasteiger charge is 2.25. The third kappa shape index (κ3) is 8.86. The molecule has 0 aliphatic carbocycles. The molecule has 0 radical (unpaired) electrons. The largest absolute Gasteiger partial charge is 0.507 e. The minimum absolute atomic E-state index is 0.0309. The summed E-state index contributed by atoms with van der Waals surface area (Å²) in [7, 11) is 0. The number of fused-ring (bicyclic) bond motifs is 3. The highest BCUT2D eigenvalue weighted by atomic mass is 19.1. The van der Waals surface area contributed by atoms with Gasteiger partial charge in [-0.15, -0.1) is 0 Å². The Kier molecular flexibility index (Phi) is 11.3. The lowest BCUT2D eigenvalue weighted by atomic mass is 9.79. The van der Waals surface area contributed by atoms with Gasteiger partial charge in [0, 0.05) is 34.0 Å². The normalized spacial score (nSPS) is 12.3. The molecular formula is C64H57FN2O3. The number of halogens is 1. The Morgan fingerprint density at radius 2 is 0.857 bits per heavy atom. The first-order valence-electron chi connectivity index (χ1n) is 23.9. The van der Waals surface area contributed by atoms with Gasteiger partial charge in [-0.1, -0.05) is 165 Å². The van der Waals surface area contributed by atoms with E-state index in [0.29, 0.717) is 33.7 Å². The van der Waals surface area contributed by atoms with E-state index in [1.54, 1.807) is 12.1 Å². The Morgan fingerprint density at radius 1 is 0.371 bits per heavy atom. The maximum Gasteiger partial charge on any atom is 0.136 e. The minimum Gasteiger partial charge on any atom is -0.507 e. The molecule has 0 amide bonds. The van der Waals surface area contributed by atoms with Crippen molar-refractivity contribution in [2.24, 2.45) is 0 Å². The van der Waals surface area contributed by atoms with E-state index in [-0.39, 0.29) is 39.1 Å². The summed E-state index contributed by atoms with van der Waals surface area (Å²) in [6, 6.07) is 55.3. The molecule has 0 unspecified atom stereocenters. The fourth-order valence-corrected chi connectivity index (χ4v) is 9.33. The summed E-state index contributed by atoms with van der Waals surface area (Å²) in [6.45, 7) is 19.9. The minimum atomic E-state index is -0.542. The van der Waals surface area contributed by atoms with Crippen molar-refractivity contribution in [3.8, 4) is 89.9 Å². The molecule has 3 heterocycles. The van der Waals surface area contributed by atoms with Crippen LogP contribution in [0.3, 0.4) is 0 Å². The number of furan rings is 1. The SMILES string of the molecule is CC(C)(C)c1cc(-c2cc(-c3cc(F)cc(-c4cc(-c5c(-c6ccccc6)cc(C(C)(C)C)cc5-c5ccccc5)ccc4O)n3)nc(-c3cc4oc5ccccc5c4cc3O)c2)cc(C(C)(C)C)c1. The topological polar surface area (TPSA) is 79.4 Å². The van der Waals surface area contributed by atoms with Crippen molar-refractivity contribution < 1.29 is 19.0 Å². The van der Waals surface area contributed by atoms with E-state index in [9.17, 15) is 10.2 Å². The van der Waals surface area contributed by atoms with Gasteiger partial charge in [0.15, 0.2) is 0 Å². The molecule has 5 nitrogen and oxygen atoms in total. The molecule has 0 saturated heterocycles. The highest BCUT2D eigenvalue weighted by Crippen LogP contribution is 2.46. The van der Waals surface area contributed by atoms with Crippen molar-refractivity contribution in [1.29, 1.82) is 0 Å². The zero-order valence-corrected chi connectivity index (χ0v) is 41.2. The maximum atomic E-state index is 16.4. The molecule has 0 saturated carbocycles. The molecule has 0 spiro atoms. The van der Waals surface area contributed by atoms with Gasteiger partial charge in [0.05, 0.1) is 22.8 Å². The van der Waals surface area contributed by atoms with Crippen LogP contribution in [0.2, 0.25) is 0 Å². The number of pyridine rings is 2. The zero-order chi connectivity index (χ0) is 49.3. The maximum absolute atomic E-state index is 16.4. The number of hydrogen-bond donors (Lipinski definition) is 2. The lowest BCUT2D eigenvalue weighted by Crippen LogP contribution is -2.16. The van der Waals surface area contributed by atoms with E-state index in [2.05, 4.69) is 117 Å². The van der Waals surface area contributed by atoms with E-state index in [0.717, 1.165) is 55.3 Å². The zero-order valence-electron chi connectivity index (χ0n) is 41.2. The van der Waals surface area contributed by atoms with Crippen molar-refractivity contribution >= 4 is 21.9 Å². The lowest BCUT2D eigenvalue weighted by molar-refractivity contribution is 0.477. The van der Waals surface area contributed by atoms with Crippen LogP contribution in [0.15, 0.2) is 174 Å². The van der Waals surface area contributed by atoms with Crippen molar-refractivity contribution in [3.63, 3.8) is 0 Å². The monoisotopic (exact) mass is 920 g/mol. The summed E-state index contributed by atoms with van der Waals surface area (Å²) in [4.78, 5) is 10.3. The third-order valence-corrected chi connectivity index (χ3v) is 13.4. The van der Waals surface area contributed by atoms with Gasteiger partial charge in [-0.25, -0.2) is 14.4 Å². The summed E-state index contributed by atoms with van der Waals surface area (Å²) in [5, 5.41) is 25.2. The van der Waals surface area contributed by atoms with Gasteiger partial charge in [-0.05, 0) is 132 Å². The molecule has 0 aliphatic rings. The molecule has 3 aromatic heterocycles. The van der Waals surface area contributed by atoms with Crippen LogP contribution in [0.1, 0.15) is 79.0 Å². The molecule has 348 valence electrons. The standard InChI is InChI=1S/C64H57FN2O3/c1-62(2,3)43-26-41(27-44(31-43)63(4,5)6)42-29-53(52-37-60-50(36-58(52)69)47-22-16-17-23-59(47)70-60)66-55(30-42)56-35-46(65)34-54(67-56)51-28-40(24-25-57(51)68)61-48(38-18-12-10-13-19-38)32-45(64(7,8)9)33-49(61)39-20-14-11-15-21-39/h10-37,68-69H,1-9H3. The van der Waals surface area contributed by atoms with Gasteiger partial charge in [-0.3, -0.25) is 0 Å². The number of rotatable bonds is 7. The second kappa shape index (κ2) is 17.3. The van der Waals surface area contributed by atoms with Crippen molar-refractivity contribution in [2.75, 3.05) is 0 Å². The number of phenolic OH excluding ortho intramolecular Hbond substituents is 2. The molecule has 10 rings (SSSR count). The highest BCUT2D eigenvalue weighted by molar-refractivity contribution is 6.07. The molecule has 2 N–H and O–H groups in total. The predicted octanol–water partition coefficient (Wildman–Crippen LogP) is 17.5. The Labute approximate surface area is 410 Å². The summed E-state index contributed by atoms with van der Waals surface area (Å²) in [5.74, 6) is -0.551. The third-order valence-electron chi connectivity index (χ3n) is 13.4. The van der Waals surface area contributed by atoms with Crippen LogP contribution in [0.25, 0.3) is 100 Å². The summed E-state index contributed by atoms with van der Waals surface area (Å²) in [5.41, 5.74) is 14.3. The fourth-order valence-electron chi connectivity index (χ4n) is 9.33. The van der Waals surface area contributed by atoms with Crippen LogP contribution < -0.4 is 0 Å². The van der Waals surface area contributed by atoms with Crippen molar-refractivity contribution in [1.82, 2.24) is 9.97 Å². The van der Waals surface area contributed by atoms with Crippen LogP contribution in [0, 0.1) is 5.82 Å². The molecule has 6 heteroatoms. The van der Waals surface area contributed by atoms with Crippen LogP contribution in [0.5, 0.6) is 11.5 Å². The van der Waals surface area contributed by atoms with E-state index < -0.39 is 5.82 Å². The van der Waals surface area contributed by atoms with Crippen LogP contribution in [-0.4, -0.2) is 20.2 Å². The number of aromatic nitrogens is 2. The second-order valence-corrected chi connectivity index (χ2v) is 21.6. The molecule has 0 atom stereocenters. The van der Waals surface area contributed by atoms with Gasteiger partial charge in [-0.2, -0.15) is 0 Å². The van der Waals surface area contributed by atoms with Crippen molar-refractivity contribution in [3.05, 3.63) is 192 Å². The number of para-hydroxylation sites is 1. The quantitative estimate of drug-likeness (QED) is 0.166. The van der Waals surface area contributed by atoms with Gasteiger partial charge in [0.25, 0.3) is 0 Å². The number of benzene rings is 7. The van der Waals surface area contributed by atoms with Crippen LogP contribution >= 0.6 is 0 Å². The second-order valence-electron chi connectivity index (χ2n) is 21.6. The van der Waals surface area contributed by atoms with E-state index >= 15 is 4.39 Å². The first-order chi connectivity index (χ1) is 33.3. The van der Waals surface area contributed by atoms with Gasteiger partial charge in [0.2, 0.25) is 0 Å². The fraction of sp³-hybridized carbons (Fsp3) is 0.188. The molecule has 0 bridgehead atoms. The Bertz CT molecular complexity index is 3530. The van der Waals surface area contributed by atoms with Crippen LogP contribution in [-0.2, 0) is 16.2 Å². The lowest BCUT2D eigenvalue weighted by Gasteiger charge is -2.26.